The molecule has 0 radical (unpaired) electrons. The van der Waals surface area contributed by atoms with Crippen molar-refractivity contribution in [1.29, 1.82) is 0 Å². The molecule has 1 saturated carbocycles. The van der Waals surface area contributed by atoms with Gasteiger partial charge in [0.15, 0.2) is 5.96 Å². The van der Waals surface area contributed by atoms with E-state index >= 15 is 0 Å². The molecule has 6 heteroatoms. The summed E-state index contributed by atoms with van der Waals surface area (Å²) in [6.07, 6.45) is 6.32. The zero-order valence-electron chi connectivity index (χ0n) is 16.1. The van der Waals surface area contributed by atoms with E-state index in [-0.39, 0.29) is 24.0 Å². The lowest BCUT2D eigenvalue weighted by Gasteiger charge is -2.26. The first kappa shape index (κ1) is 21.3. The summed E-state index contributed by atoms with van der Waals surface area (Å²) in [6.45, 7) is 9.81. The quantitative estimate of drug-likeness (QED) is 0.414. The molecule has 1 aliphatic carbocycles. The molecule has 1 aliphatic rings. The molecule has 138 valence electrons. The summed E-state index contributed by atoms with van der Waals surface area (Å²) in [7, 11) is 3.85. The van der Waals surface area contributed by atoms with E-state index in [2.05, 4.69) is 48.4 Å². The highest BCUT2D eigenvalue weighted by molar-refractivity contribution is 14.0. The Morgan fingerprint density at radius 3 is 2.46 bits per heavy atom. The molecule has 0 aliphatic heterocycles. The van der Waals surface area contributed by atoms with Crippen molar-refractivity contribution >= 4 is 29.9 Å². The molecule has 1 aromatic heterocycles. The maximum atomic E-state index is 4.50. The van der Waals surface area contributed by atoms with Crippen molar-refractivity contribution in [2.45, 2.75) is 65.8 Å². The van der Waals surface area contributed by atoms with Crippen LogP contribution in [-0.4, -0.2) is 35.4 Å². The van der Waals surface area contributed by atoms with Crippen LogP contribution in [0.2, 0.25) is 0 Å². The minimum atomic E-state index is 0. The van der Waals surface area contributed by atoms with Crippen LogP contribution >= 0.6 is 24.0 Å². The van der Waals surface area contributed by atoms with Gasteiger partial charge in [-0.2, -0.15) is 5.10 Å². The summed E-state index contributed by atoms with van der Waals surface area (Å²) >= 11 is 0. The molecule has 0 spiro atoms. The predicted molar refractivity (Wildman–Crippen MR) is 112 cm³/mol. The van der Waals surface area contributed by atoms with Crippen molar-refractivity contribution in [1.82, 2.24) is 20.4 Å². The Balaban J connectivity index is 0.00000288. The van der Waals surface area contributed by atoms with E-state index in [1.54, 1.807) is 0 Å². The first-order chi connectivity index (χ1) is 10.8. The van der Waals surface area contributed by atoms with Crippen LogP contribution in [-0.2, 0) is 13.5 Å². The second-order valence-corrected chi connectivity index (χ2v) is 7.47. The Bertz CT molecular complexity index is 558. The number of guanidine groups is 1. The predicted octanol–water partition coefficient (Wildman–Crippen LogP) is 3.33. The van der Waals surface area contributed by atoms with Crippen LogP contribution in [0.1, 0.15) is 56.5 Å². The molecular formula is C18H34IN5. The topological polar surface area (TPSA) is 54.2 Å². The van der Waals surface area contributed by atoms with Gasteiger partial charge in [0, 0.05) is 32.4 Å². The van der Waals surface area contributed by atoms with E-state index < -0.39 is 0 Å². The van der Waals surface area contributed by atoms with Gasteiger partial charge in [-0.05, 0) is 51.0 Å². The third-order valence-corrected chi connectivity index (χ3v) is 5.27. The number of aryl methyl sites for hydroxylation is 2. The molecule has 5 nitrogen and oxygen atoms in total. The minimum Gasteiger partial charge on any atom is -0.356 e. The molecule has 2 N–H and O–H groups in total. The highest BCUT2D eigenvalue weighted by Crippen LogP contribution is 2.36. The fourth-order valence-electron chi connectivity index (χ4n) is 3.60. The van der Waals surface area contributed by atoms with Gasteiger partial charge in [-0.15, -0.1) is 24.0 Å². The molecule has 0 bridgehead atoms. The fourth-order valence-corrected chi connectivity index (χ4v) is 3.60. The van der Waals surface area contributed by atoms with Crippen molar-refractivity contribution in [3.8, 4) is 0 Å². The molecule has 1 aromatic rings. The molecule has 0 amide bonds. The first-order valence-corrected chi connectivity index (χ1v) is 8.81. The molecule has 1 heterocycles. The zero-order chi connectivity index (χ0) is 17.0. The fraction of sp³-hybridized carbons (Fsp3) is 0.778. The van der Waals surface area contributed by atoms with Crippen LogP contribution in [0.5, 0.6) is 0 Å². The number of halogens is 1. The smallest absolute Gasteiger partial charge is 0.191 e. The van der Waals surface area contributed by atoms with E-state index in [9.17, 15) is 0 Å². The van der Waals surface area contributed by atoms with Gasteiger partial charge in [0.2, 0.25) is 0 Å². The van der Waals surface area contributed by atoms with Gasteiger partial charge in [0.25, 0.3) is 0 Å². The van der Waals surface area contributed by atoms with Gasteiger partial charge in [0.05, 0.1) is 5.69 Å². The van der Waals surface area contributed by atoms with Crippen molar-refractivity contribution in [3.05, 3.63) is 17.0 Å². The average molecular weight is 447 g/mol. The van der Waals surface area contributed by atoms with E-state index in [4.69, 9.17) is 0 Å². The van der Waals surface area contributed by atoms with Gasteiger partial charge in [0.1, 0.15) is 0 Å². The van der Waals surface area contributed by atoms with Crippen molar-refractivity contribution in [3.63, 3.8) is 0 Å². The molecule has 0 saturated heterocycles. The van der Waals surface area contributed by atoms with E-state index in [0.29, 0.717) is 11.5 Å². The van der Waals surface area contributed by atoms with E-state index in [1.165, 1.54) is 36.9 Å². The van der Waals surface area contributed by atoms with E-state index in [0.717, 1.165) is 24.6 Å². The number of hydrogen-bond acceptors (Lipinski definition) is 2. The largest absolute Gasteiger partial charge is 0.356 e. The van der Waals surface area contributed by atoms with Crippen LogP contribution < -0.4 is 10.6 Å². The minimum absolute atomic E-state index is 0. The Morgan fingerprint density at radius 1 is 1.33 bits per heavy atom. The molecule has 1 atom stereocenters. The van der Waals surface area contributed by atoms with Crippen molar-refractivity contribution < 1.29 is 0 Å². The molecular weight excluding hydrogens is 413 g/mol. The Morgan fingerprint density at radius 2 is 1.96 bits per heavy atom. The second kappa shape index (κ2) is 9.06. The number of aliphatic imine (C=N–C) groups is 1. The summed E-state index contributed by atoms with van der Waals surface area (Å²) in [6, 6.07) is 0.319. The van der Waals surface area contributed by atoms with Crippen LogP contribution in [0.4, 0.5) is 0 Å². The lowest BCUT2D eigenvalue weighted by molar-refractivity contribution is 0.333. The summed E-state index contributed by atoms with van der Waals surface area (Å²) in [4.78, 5) is 4.39. The third-order valence-electron chi connectivity index (χ3n) is 5.27. The normalized spacial score (nSPS) is 18.2. The van der Waals surface area contributed by atoms with Gasteiger partial charge in [-0.3, -0.25) is 9.67 Å². The molecule has 2 rings (SSSR count). The van der Waals surface area contributed by atoms with Gasteiger partial charge < -0.3 is 10.6 Å². The second-order valence-electron chi connectivity index (χ2n) is 7.47. The van der Waals surface area contributed by atoms with Gasteiger partial charge in [-0.25, -0.2) is 0 Å². The van der Waals surface area contributed by atoms with Crippen molar-refractivity contribution in [2.24, 2.45) is 17.5 Å². The number of aromatic nitrogens is 2. The summed E-state index contributed by atoms with van der Waals surface area (Å²) in [5.41, 5.74) is 4.14. The molecule has 0 aromatic carbocycles. The molecule has 1 unspecified atom stereocenters. The molecule has 1 fully saturated rings. The van der Waals surface area contributed by atoms with Crippen LogP contribution in [0, 0.1) is 19.3 Å². The number of rotatable bonds is 5. The first-order valence-electron chi connectivity index (χ1n) is 8.81. The number of nitrogens with one attached hydrogen (secondary N) is 2. The highest BCUT2D eigenvalue weighted by Gasteiger charge is 2.28. The average Bonchev–Trinajstić information content (AvgIpc) is 3.03. The number of nitrogens with zero attached hydrogens (tertiary/aromatic N) is 3. The summed E-state index contributed by atoms with van der Waals surface area (Å²) in [5, 5.41) is 11.5. The van der Waals surface area contributed by atoms with Gasteiger partial charge >= 0.3 is 0 Å². The number of hydrogen-bond donors (Lipinski definition) is 2. The van der Waals surface area contributed by atoms with Gasteiger partial charge in [-0.1, -0.05) is 19.8 Å². The van der Waals surface area contributed by atoms with Crippen molar-refractivity contribution in [2.75, 3.05) is 13.6 Å². The Hall–Kier alpha value is -0.790. The Labute approximate surface area is 164 Å². The van der Waals surface area contributed by atoms with E-state index in [1.807, 2.05) is 18.8 Å². The lowest BCUT2D eigenvalue weighted by atomic mass is 9.89. The van der Waals surface area contributed by atoms with Crippen LogP contribution in [0.25, 0.3) is 0 Å². The zero-order valence-corrected chi connectivity index (χ0v) is 18.4. The highest BCUT2D eigenvalue weighted by atomic mass is 127. The molecule has 24 heavy (non-hydrogen) atoms. The standard InChI is InChI=1S/C18H33N5.HI/c1-13(11-16-14(2)22-23(6)15(16)3)21-17(19-5)20-12-18(4)9-7-8-10-18;/h13H,7-12H2,1-6H3,(H2,19,20,21);1H. The summed E-state index contributed by atoms with van der Waals surface area (Å²) < 4.78 is 1.96. The lowest BCUT2D eigenvalue weighted by Crippen LogP contribution is -2.46. The Kier molecular flexibility index (Phi) is 8.02. The monoisotopic (exact) mass is 447 g/mol. The maximum Gasteiger partial charge on any atom is 0.191 e. The SMILES string of the molecule is CN=C(NCC1(C)CCCC1)NC(C)Cc1c(C)nn(C)c1C.I. The summed E-state index contributed by atoms with van der Waals surface area (Å²) in [5.74, 6) is 0.907. The van der Waals surface area contributed by atoms with Crippen LogP contribution in [0.15, 0.2) is 4.99 Å². The maximum absolute atomic E-state index is 4.50. The third kappa shape index (κ3) is 5.36. The van der Waals surface area contributed by atoms with Crippen LogP contribution in [0.3, 0.4) is 0 Å².